The second-order valence-corrected chi connectivity index (χ2v) is 6.62. The number of ether oxygens (including phenoxy) is 1. The number of carbonyl (C=O) groups is 1. The quantitative estimate of drug-likeness (QED) is 0.793. The first-order valence-electron chi connectivity index (χ1n) is 9.26. The highest BCUT2D eigenvalue weighted by atomic mass is 16.5. The van der Waals surface area contributed by atoms with Crippen LogP contribution in [-0.2, 0) is 11.2 Å². The van der Waals surface area contributed by atoms with Crippen molar-refractivity contribution in [3.8, 4) is 5.75 Å². The summed E-state index contributed by atoms with van der Waals surface area (Å²) in [5.41, 5.74) is 1.15. The second kappa shape index (κ2) is 9.17. The van der Waals surface area contributed by atoms with E-state index in [9.17, 15) is 4.79 Å². The van der Waals surface area contributed by atoms with E-state index in [-0.39, 0.29) is 11.8 Å². The van der Waals surface area contributed by atoms with E-state index in [0.717, 1.165) is 50.0 Å². The Balaban J connectivity index is 1.47. The topological polar surface area (TPSA) is 76.1 Å². The van der Waals surface area contributed by atoms with Crippen molar-refractivity contribution in [2.45, 2.75) is 38.5 Å². The normalized spacial score (nSPS) is 14.7. The standard InChI is InChI=1S/C20H26N4O2/c1-26-17-10-6-5-7-15(17)13-14-21-18-11-12-19(24-23-18)22-20(25)16-8-3-2-4-9-16/h5-7,10-12,16H,2-4,8-9,13-14H2,1H3,(H,21,23)(H,22,24,25). The number of rotatable bonds is 7. The van der Waals surface area contributed by atoms with Gasteiger partial charge < -0.3 is 15.4 Å². The average molecular weight is 354 g/mol. The minimum atomic E-state index is 0.0656. The summed E-state index contributed by atoms with van der Waals surface area (Å²) in [5, 5.41) is 14.4. The second-order valence-electron chi connectivity index (χ2n) is 6.62. The molecule has 1 aromatic carbocycles. The van der Waals surface area contributed by atoms with Gasteiger partial charge in [-0.1, -0.05) is 37.5 Å². The van der Waals surface area contributed by atoms with E-state index in [4.69, 9.17) is 4.74 Å². The van der Waals surface area contributed by atoms with Crippen molar-refractivity contribution < 1.29 is 9.53 Å². The maximum atomic E-state index is 12.2. The largest absolute Gasteiger partial charge is 0.496 e. The van der Waals surface area contributed by atoms with Gasteiger partial charge in [0.15, 0.2) is 5.82 Å². The van der Waals surface area contributed by atoms with Crippen molar-refractivity contribution in [1.29, 1.82) is 0 Å². The zero-order valence-electron chi connectivity index (χ0n) is 15.2. The molecule has 0 spiro atoms. The average Bonchev–Trinajstić information content (AvgIpc) is 2.70. The molecule has 1 aromatic heterocycles. The van der Waals surface area contributed by atoms with Gasteiger partial charge in [-0.25, -0.2) is 0 Å². The van der Waals surface area contributed by atoms with Gasteiger partial charge in [-0.2, -0.15) is 0 Å². The summed E-state index contributed by atoms with van der Waals surface area (Å²) in [6.07, 6.45) is 6.28. The maximum absolute atomic E-state index is 12.2. The summed E-state index contributed by atoms with van der Waals surface area (Å²) in [7, 11) is 1.68. The van der Waals surface area contributed by atoms with Crippen molar-refractivity contribution in [2.75, 3.05) is 24.3 Å². The molecule has 0 saturated heterocycles. The summed E-state index contributed by atoms with van der Waals surface area (Å²) in [5.74, 6) is 2.27. The lowest BCUT2D eigenvalue weighted by Crippen LogP contribution is -2.25. The molecule has 1 amide bonds. The first-order chi connectivity index (χ1) is 12.8. The molecule has 138 valence electrons. The van der Waals surface area contributed by atoms with Gasteiger partial charge in [0.05, 0.1) is 7.11 Å². The van der Waals surface area contributed by atoms with Gasteiger partial charge in [-0.3, -0.25) is 4.79 Å². The number of hydrogen-bond acceptors (Lipinski definition) is 5. The molecule has 3 rings (SSSR count). The molecule has 1 fully saturated rings. The number of carbonyl (C=O) groups excluding carboxylic acids is 1. The van der Waals surface area contributed by atoms with Crippen molar-refractivity contribution in [3.63, 3.8) is 0 Å². The number of methoxy groups -OCH3 is 1. The van der Waals surface area contributed by atoms with Crippen molar-refractivity contribution in [3.05, 3.63) is 42.0 Å². The van der Waals surface area contributed by atoms with Crippen LogP contribution in [0.1, 0.15) is 37.7 Å². The zero-order valence-corrected chi connectivity index (χ0v) is 15.2. The summed E-state index contributed by atoms with van der Waals surface area (Å²) in [6.45, 7) is 0.725. The number of benzene rings is 1. The van der Waals surface area contributed by atoms with Crippen LogP contribution in [0.2, 0.25) is 0 Å². The molecule has 26 heavy (non-hydrogen) atoms. The molecule has 1 aliphatic carbocycles. The molecule has 0 aliphatic heterocycles. The van der Waals surface area contributed by atoms with Gasteiger partial charge in [0.1, 0.15) is 11.6 Å². The minimum Gasteiger partial charge on any atom is -0.496 e. The summed E-state index contributed by atoms with van der Waals surface area (Å²) >= 11 is 0. The van der Waals surface area contributed by atoms with Crippen LogP contribution < -0.4 is 15.4 Å². The van der Waals surface area contributed by atoms with Crippen LogP contribution in [0.25, 0.3) is 0 Å². The molecular weight excluding hydrogens is 328 g/mol. The molecule has 0 atom stereocenters. The predicted molar refractivity (Wildman–Crippen MR) is 102 cm³/mol. The summed E-state index contributed by atoms with van der Waals surface area (Å²) in [6, 6.07) is 11.6. The fourth-order valence-electron chi connectivity index (χ4n) is 3.32. The Bertz CT molecular complexity index is 712. The van der Waals surface area contributed by atoms with E-state index < -0.39 is 0 Å². The molecule has 6 heteroatoms. The number of para-hydroxylation sites is 1. The summed E-state index contributed by atoms with van der Waals surface area (Å²) in [4.78, 5) is 12.2. The van der Waals surface area contributed by atoms with Gasteiger partial charge in [-0.05, 0) is 43.0 Å². The Morgan fingerprint density at radius 3 is 2.54 bits per heavy atom. The fourth-order valence-corrected chi connectivity index (χ4v) is 3.32. The number of aromatic nitrogens is 2. The lowest BCUT2D eigenvalue weighted by atomic mass is 9.89. The van der Waals surface area contributed by atoms with Gasteiger partial charge in [0, 0.05) is 12.5 Å². The first-order valence-corrected chi connectivity index (χ1v) is 9.26. The monoisotopic (exact) mass is 354 g/mol. The van der Waals surface area contributed by atoms with Crippen LogP contribution in [0.4, 0.5) is 11.6 Å². The number of amides is 1. The molecule has 2 N–H and O–H groups in total. The van der Waals surface area contributed by atoms with E-state index in [1.807, 2.05) is 24.3 Å². The SMILES string of the molecule is COc1ccccc1CCNc1ccc(NC(=O)C2CCCCC2)nn1. The maximum Gasteiger partial charge on any atom is 0.228 e. The number of anilines is 2. The highest BCUT2D eigenvalue weighted by Gasteiger charge is 2.21. The van der Waals surface area contributed by atoms with Gasteiger partial charge in [-0.15, -0.1) is 10.2 Å². The van der Waals surface area contributed by atoms with E-state index in [2.05, 4.69) is 26.9 Å². The van der Waals surface area contributed by atoms with E-state index >= 15 is 0 Å². The number of hydrogen-bond donors (Lipinski definition) is 2. The lowest BCUT2D eigenvalue weighted by molar-refractivity contribution is -0.120. The Morgan fingerprint density at radius 1 is 1.08 bits per heavy atom. The van der Waals surface area contributed by atoms with E-state index in [1.54, 1.807) is 13.2 Å². The fraction of sp³-hybridized carbons (Fsp3) is 0.450. The molecule has 1 saturated carbocycles. The Hall–Kier alpha value is -2.63. The molecule has 0 unspecified atom stereocenters. The molecule has 0 bridgehead atoms. The third-order valence-electron chi connectivity index (χ3n) is 4.78. The highest BCUT2D eigenvalue weighted by Crippen LogP contribution is 2.24. The predicted octanol–water partition coefficient (Wildman–Crippen LogP) is 3.66. The van der Waals surface area contributed by atoms with Crippen LogP contribution in [0, 0.1) is 5.92 Å². The minimum absolute atomic E-state index is 0.0656. The molecule has 1 heterocycles. The van der Waals surface area contributed by atoms with E-state index in [1.165, 1.54) is 6.42 Å². The summed E-state index contributed by atoms with van der Waals surface area (Å²) < 4.78 is 5.35. The van der Waals surface area contributed by atoms with Crippen molar-refractivity contribution in [1.82, 2.24) is 10.2 Å². The molecule has 0 radical (unpaired) electrons. The van der Waals surface area contributed by atoms with Crippen LogP contribution in [0.5, 0.6) is 5.75 Å². The first kappa shape index (κ1) is 18.2. The smallest absolute Gasteiger partial charge is 0.228 e. The van der Waals surface area contributed by atoms with E-state index in [0.29, 0.717) is 11.6 Å². The Labute approximate surface area is 154 Å². The Morgan fingerprint density at radius 2 is 1.81 bits per heavy atom. The van der Waals surface area contributed by atoms with Crippen LogP contribution in [0.3, 0.4) is 0 Å². The molecule has 1 aliphatic rings. The van der Waals surface area contributed by atoms with Crippen LogP contribution in [-0.4, -0.2) is 29.8 Å². The third kappa shape index (κ3) is 4.94. The van der Waals surface area contributed by atoms with Crippen molar-refractivity contribution in [2.24, 2.45) is 5.92 Å². The van der Waals surface area contributed by atoms with Crippen LogP contribution >= 0.6 is 0 Å². The van der Waals surface area contributed by atoms with Gasteiger partial charge in [0.25, 0.3) is 0 Å². The highest BCUT2D eigenvalue weighted by molar-refractivity contribution is 5.91. The lowest BCUT2D eigenvalue weighted by Gasteiger charge is -2.20. The van der Waals surface area contributed by atoms with Crippen LogP contribution in [0.15, 0.2) is 36.4 Å². The van der Waals surface area contributed by atoms with Gasteiger partial charge >= 0.3 is 0 Å². The molecule has 6 nitrogen and oxygen atoms in total. The van der Waals surface area contributed by atoms with Crippen molar-refractivity contribution >= 4 is 17.5 Å². The number of nitrogens with one attached hydrogen (secondary N) is 2. The molecule has 2 aromatic rings. The Kier molecular flexibility index (Phi) is 6.41. The van der Waals surface area contributed by atoms with Gasteiger partial charge in [0.2, 0.25) is 5.91 Å². The number of nitrogens with zero attached hydrogens (tertiary/aromatic N) is 2. The molecular formula is C20H26N4O2. The zero-order chi connectivity index (χ0) is 18.2. The third-order valence-corrected chi connectivity index (χ3v) is 4.78.